The van der Waals surface area contributed by atoms with E-state index in [2.05, 4.69) is 15.5 Å². The summed E-state index contributed by atoms with van der Waals surface area (Å²) < 4.78 is 0. The summed E-state index contributed by atoms with van der Waals surface area (Å²) in [7, 11) is 0. The summed E-state index contributed by atoms with van der Waals surface area (Å²) in [5.74, 6) is 1.21. The van der Waals surface area contributed by atoms with Crippen LogP contribution >= 0.6 is 11.8 Å². The van der Waals surface area contributed by atoms with Crippen LogP contribution in [0.15, 0.2) is 0 Å². The van der Waals surface area contributed by atoms with E-state index in [1.54, 1.807) is 0 Å². The number of amides is 2. The van der Waals surface area contributed by atoms with E-state index in [1.165, 1.54) is 0 Å². The van der Waals surface area contributed by atoms with Crippen LogP contribution in [-0.2, 0) is 4.79 Å². The maximum Gasteiger partial charge on any atom is 0.326 e. The van der Waals surface area contributed by atoms with Gasteiger partial charge in [-0.05, 0) is 5.92 Å². The first-order chi connectivity index (χ1) is 9.54. The third-order valence-electron chi connectivity index (χ3n) is 3.58. The van der Waals surface area contributed by atoms with Gasteiger partial charge in [0.25, 0.3) is 0 Å². The fourth-order valence-electron chi connectivity index (χ4n) is 2.03. The molecule has 0 spiro atoms. The second kappa shape index (κ2) is 9.07. The number of nitrogens with one attached hydrogen (secondary N) is 2. The van der Waals surface area contributed by atoms with Crippen LogP contribution in [0, 0.1) is 5.92 Å². The molecule has 0 bridgehead atoms. The average molecular weight is 303 g/mol. The van der Waals surface area contributed by atoms with Crippen molar-refractivity contribution in [3.63, 3.8) is 0 Å². The van der Waals surface area contributed by atoms with Gasteiger partial charge in [-0.25, -0.2) is 9.59 Å². The van der Waals surface area contributed by atoms with Gasteiger partial charge in [-0.3, -0.25) is 4.90 Å². The van der Waals surface area contributed by atoms with Crippen LogP contribution in [0.3, 0.4) is 0 Å². The van der Waals surface area contributed by atoms with Crippen LogP contribution in [0.4, 0.5) is 4.79 Å². The predicted molar refractivity (Wildman–Crippen MR) is 81.2 cm³/mol. The fourth-order valence-corrected chi connectivity index (χ4v) is 3.01. The molecule has 0 unspecified atom stereocenters. The van der Waals surface area contributed by atoms with E-state index in [1.807, 2.05) is 25.6 Å². The lowest BCUT2D eigenvalue weighted by molar-refractivity contribution is -0.140. The zero-order valence-corrected chi connectivity index (χ0v) is 13.0. The van der Waals surface area contributed by atoms with Crippen molar-refractivity contribution in [1.29, 1.82) is 0 Å². The number of hydrogen-bond acceptors (Lipinski definition) is 4. The molecule has 3 N–H and O–H groups in total. The lowest BCUT2D eigenvalue weighted by atomic mass is 9.99. The number of carboxylic acids is 1. The maximum atomic E-state index is 11.7. The fraction of sp³-hybridized carbons (Fsp3) is 0.846. The highest BCUT2D eigenvalue weighted by Crippen LogP contribution is 2.08. The highest BCUT2D eigenvalue weighted by Gasteiger charge is 2.25. The van der Waals surface area contributed by atoms with Gasteiger partial charge in [0.1, 0.15) is 6.04 Å². The van der Waals surface area contributed by atoms with Crippen molar-refractivity contribution in [3.8, 4) is 0 Å². The highest BCUT2D eigenvalue weighted by atomic mass is 32.2. The molecular formula is C13H25N3O3S. The molecule has 1 rings (SSSR count). The Labute approximate surface area is 124 Å². The Bertz CT molecular complexity index is 322. The smallest absolute Gasteiger partial charge is 0.326 e. The molecule has 0 aromatic rings. The number of rotatable bonds is 7. The van der Waals surface area contributed by atoms with Gasteiger partial charge in [-0.2, -0.15) is 11.8 Å². The Morgan fingerprint density at radius 1 is 1.35 bits per heavy atom. The summed E-state index contributed by atoms with van der Waals surface area (Å²) in [5, 5.41) is 14.4. The van der Waals surface area contributed by atoms with Gasteiger partial charge in [0, 0.05) is 37.7 Å². The highest BCUT2D eigenvalue weighted by molar-refractivity contribution is 7.99. The zero-order valence-electron chi connectivity index (χ0n) is 12.2. The maximum absolute atomic E-state index is 11.7. The molecule has 2 amide bonds. The SMILES string of the molecule is CC[C@H](C)[C@H](NC(=O)NCCN1CCSCC1)C(=O)O. The van der Waals surface area contributed by atoms with Crippen molar-refractivity contribution >= 4 is 23.8 Å². The van der Waals surface area contributed by atoms with Gasteiger partial charge in [-0.15, -0.1) is 0 Å². The van der Waals surface area contributed by atoms with Gasteiger partial charge in [-0.1, -0.05) is 20.3 Å². The number of urea groups is 1. The molecule has 0 aromatic carbocycles. The predicted octanol–water partition coefficient (Wildman–Crippen LogP) is 0.834. The molecule has 2 atom stereocenters. The Hall–Kier alpha value is -0.950. The molecule has 20 heavy (non-hydrogen) atoms. The Morgan fingerprint density at radius 2 is 2.00 bits per heavy atom. The number of hydrogen-bond donors (Lipinski definition) is 3. The molecule has 1 fully saturated rings. The van der Waals surface area contributed by atoms with E-state index in [9.17, 15) is 9.59 Å². The summed E-state index contributed by atoms with van der Waals surface area (Å²) >= 11 is 1.95. The molecule has 0 saturated carbocycles. The first kappa shape index (κ1) is 17.1. The molecule has 1 saturated heterocycles. The minimum Gasteiger partial charge on any atom is -0.480 e. The van der Waals surface area contributed by atoms with Crippen LogP contribution in [0.1, 0.15) is 20.3 Å². The van der Waals surface area contributed by atoms with Crippen molar-refractivity contribution in [3.05, 3.63) is 0 Å². The third-order valence-corrected chi connectivity index (χ3v) is 4.53. The molecule has 1 heterocycles. The molecule has 6 nitrogen and oxygen atoms in total. The summed E-state index contributed by atoms with van der Waals surface area (Å²) in [6, 6.07) is -1.23. The topological polar surface area (TPSA) is 81.7 Å². The molecule has 7 heteroatoms. The van der Waals surface area contributed by atoms with Crippen LogP contribution in [0.2, 0.25) is 0 Å². The first-order valence-electron chi connectivity index (χ1n) is 7.11. The molecule has 1 aliphatic heterocycles. The molecule has 0 radical (unpaired) electrons. The second-order valence-electron chi connectivity index (χ2n) is 5.06. The van der Waals surface area contributed by atoms with Gasteiger partial charge in [0.2, 0.25) is 0 Å². The minimum absolute atomic E-state index is 0.0858. The summed E-state index contributed by atoms with van der Waals surface area (Å²) in [6.45, 7) is 7.20. The number of carboxylic acid groups (broad SMARTS) is 1. The Kier molecular flexibility index (Phi) is 7.76. The van der Waals surface area contributed by atoms with Crippen LogP contribution in [0.25, 0.3) is 0 Å². The van der Waals surface area contributed by atoms with Crippen LogP contribution in [-0.4, -0.2) is 65.7 Å². The minimum atomic E-state index is -0.984. The number of nitrogens with zero attached hydrogens (tertiary/aromatic N) is 1. The molecule has 0 aromatic heterocycles. The zero-order chi connectivity index (χ0) is 15.0. The lowest BCUT2D eigenvalue weighted by Gasteiger charge is -2.26. The summed E-state index contributed by atoms with van der Waals surface area (Å²) in [6.07, 6.45) is 0.711. The van der Waals surface area contributed by atoms with E-state index in [0.717, 1.165) is 31.1 Å². The Balaban J connectivity index is 2.25. The summed E-state index contributed by atoms with van der Waals surface area (Å²) in [5.41, 5.74) is 0. The van der Waals surface area contributed by atoms with Gasteiger partial charge in [0.05, 0.1) is 0 Å². The van der Waals surface area contributed by atoms with Crippen LogP contribution in [0.5, 0.6) is 0 Å². The van der Waals surface area contributed by atoms with Crippen molar-refractivity contribution in [2.24, 2.45) is 5.92 Å². The molecule has 116 valence electrons. The van der Waals surface area contributed by atoms with E-state index >= 15 is 0 Å². The number of aliphatic carboxylic acids is 1. The van der Waals surface area contributed by atoms with E-state index in [4.69, 9.17) is 5.11 Å². The van der Waals surface area contributed by atoms with Crippen LogP contribution < -0.4 is 10.6 Å². The monoisotopic (exact) mass is 303 g/mol. The third kappa shape index (κ3) is 6.00. The van der Waals surface area contributed by atoms with Crippen molar-refractivity contribution < 1.29 is 14.7 Å². The largest absolute Gasteiger partial charge is 0.480 e. The quantitative estimate of drug-likeness (QED) is 0.649. The molecule has 0 aliphatic carbocycles. The van der Waals surface area contributed by atoms with Crippen molar-refractivity contribution in [2.45, 2.75) is 26.3 Å². The number of carbonyl (C=O) groups is 2. The van der Waals surface area contributed by atoms with Gasteiger partial charge < -0.3 is 15.7 Å². The van der Waals surface area contributed by atoms with Crippen molar-refractivity contribution in [1.82, 2.24) is 15.5 Å². The lowest BCUT2D eigenvalue weighted by Crippen LogP contribution is -2.50. The van der Waals surface area contributed by atoms with E-state index in [-0.39, 0.29) is 5.92 Å². The molecular weight excluding hydrogens is 278 g/mol. The number of thioether (sulfide) groups is 1. The van der Waals surface area contributed by atoms with Gasteiger partial charge >= 0.3 is 12.0 Å². The second-order valence-corrected chi connectivity index (χ2v) is 6.28. The Morgan fingerprint density at radius 3 is 2.55 bits per heavy atom. The van der Waals surface area contributed by atoms with E-state index in [0.29, 0.717) is 13.0 Å². The number of carbonyl (C=O) groups excluding carboxylic acids is 1. The average Bonchev–Trinajstić information content (AvgIpc) is 2.45. The van der Waals surface area contributed by atoms with E-state index < -0.39 is 18.0 Å². The summed E-state index contributed by atoms with van der Waals surface area (Å²) in [4.78, 5) is 25.1. The normalized spacial score (nSPS) is 19.1. The van der Waals surface area contributed by atoms with Crippen molar-refractivity contribution in [2.75, 3.05) is 37.7 Å². The van der Waals surface area contributed by atoms with Gasteiger partial charge in [0.15, 0.2) is 0 Å². The first-order valence-corrected chi connectivity index (χ1v) is 8.27. The molecule has 1 aliphatic rings. The standard InChI is InChI=1S/C13H25N3O3S/c1-3-10(2)11(12(17)18)15-13(19)14-4-5-16-6-8-20-9-7-16/h10-11H,3-9H2,1-2H3,(H,17,18)(H2,14,15,19)/t10-,11-/m0/s1.